The Bertz CT molecular complexity index is 561. The van der Waals surface area contributed by atoms with Crippen LogP contribution in [0.4, 0.5) is 5.69 Å². The van der Waals surface area contributed by atoms with Crippen molar-refractivity contribution in [1.29, 1.82) is 0 Å². The Hall–Kier alpha value is -0.950. The molecule has 5 nitrogen and oxygen atoms in total. The molecule has 140 valence electrons. The maximum atomic E-state index is 12.3. The van der Waals surface area contributed by atoms with Gasteiger partial charge in [0.2, 0.25) is 5.91 Å². The van der Waals surface area contributed by atoms with E-state index in [0.717, 1.165) is 54.5 Å². The summed E-state index contributed by atoms with van der Waals surface area (Å²) in [6.07, 6.45) is 2.79. The molecule has 25 heavy (non-hydrogen) atoms. The predicted molar refractivity (Wildman–Crippen MR) is 105 cm³/mol. The molecule has 1 aromatic rings. The van der Waals surface area contributed by atoms with Crippen molar-refractivity contribution in [3.8, 4) is 5.75 Å². The van der Waals surface area contributed by atoms with Crippen LogP contribution < -0.4 is 15.4 Å². The third-order valence-electron chi connectivity index (χ3n) is 4.29. The molecule has 0 spiro atoms. The molecule has 0 radical (unpaired) electrons. The Balaban J connectivity index is 0.00000225. The van der Waals surface area contributed by atoms with Crippen LogP contribution in [-0.2, 0) is 9.53 Å². The lowest BCUT2D eigenvalue weighted by Crippen LogP contribution is -2.39. The average molecular weight is 387 g/mol. The van der Waals surface area contributed by atoms with Gasteiger partial charge in [-0.3, -0.25) is 4.79 Å². The molecule has 1 amide bonds. The number of thioether (sulfide) groups is 1. The Kier molecular flexibility index (Phi) is 8.36. The number of hydrogen-bond donors (Lipinski definition) is 2. The number of rotatable bonds is 6. The molecule has 3 rings (SSSR count). The number of carbonyl (C=O) groups is 1. The maximum absolute atomic E-state index is 12.3. The summed E-state index contributed by atoms with van der Waals surface area (Å²) in [5.74, 6) is 2.87. The van der Waals surface area contributed by atoms with E-state index in [1.54, 1.807) is 0 Å². The van der Waals surface area contributed by atoms with E-state index in [-0.39, 0.29) is 30.5 Å². The fourth-order valence-corrected chi connectivity index (χ4v) is 3.94. The molecule has 2 heterocycles. The Morgan fingerprint density at radius 1 is 1.48 bits per heavy atom. The fourth-order valence-electron chi connectivity index (χ4n) is 2.99. The zero-order valence-electron chi connectivity index (χ0n) is 14.6. The van der Waals surface area contributed by atoms with E-state index in [2.05, 4.69) is 10.6 Å². The van der Waals surface area contributed by atoms with Crippen molar-refractivity contribution >= 4 is 35.8 Å². The van der Waals surface area contributed by atoms with Gasteiger partial charge in [-0.05, 0) is 37.5 Å². The van der Waals surface area contributed by atoms with Crippen LogP contribution in [0, 0.1) is 6.92 Å². The lowest BCUT2D eigenvalue weighted by atomic mass is 10.2. The van der Waals surface area contributed by atoms with Crippen LogP contribution in [0.5, 0.6) is 5.75 Å². The SMILES string of the molecule is Cc1ccc(NC(=O)CC2CSCCN2)c(OCC2CCCO2)c1.Cl. The molecule has 2 saturated heterocycles. The molecule has 2 N–H and O–H groups in total. The largest absolute Gasteiger partial charge is 0.489 e. The van der Waals surface area contributed by atoms with Crippen molar-refractivity contribution in [2.24, 2.45) is 0 Å². The lowest BCUT2D eigenvalue weighted by Gasteiger charge is -2.23. The summed E-state index contributed by atoms with van der Waals surface area (Å²) in [6, 6.07) is 6.13. The van der Waals surface area contributed by atoms with Gasteiger partial charge in [0.05, 0.1) is 11.8 Å². The molecule has 2 fully saturated rings. The molecule has 2 aliphatic heterocycles. The molecular weight excluding hydrogens is 360 g/mol. The number of ether oxygens (including phenoxy) is 2. The summed E-state index contributed by atoms with van der Waals surface area (Å²) in [6.45, 7) is 4.35. The summed E-state index contributed by atoms with van der Waals surface area (Å²) in [5, 5.41) is 6.40. The fraction of sp³-hybridized carbons (Fsp3) is 0.611. The van der Waals surface area contributed by atoms with E-state index in [1.807, 2.05) is 36.9 Å². The van der Waals surface area contributed by atoms with Crippen LogP contribution in [0.25, 0.3) is 0 Å². The standard InChI is InChI=1S/C18H26N2O3S.ClH/c1-13-4-5-16(17(9-13)23-11-15-3-2-7-22-15)20-18(21)10-14-12-24-8-6-19-14;/h4-5,9,14-15,19H,2-3,6-8,10-12H2,1H3,(H,20,21);1H. The molecule has 2 aliphatic rings. The smallest absolute Gasteiger partial charge is 0.226 e. The number of benzene rings is 1. The van der Waals surface area contributed by atoms with E-state index in [1.165, 1.54) is 0 Å². The second kappa shape index (κ2) is 10.3. The molecule has 0 aromatic heterocycles. The Morgan fingerprint density at radius 3 is 3.08 bits per heavy atom. The van der Waals surface area contributed by atoms with Gasteiger partial charge >= 0.3 is 0 Å². The van der Waals surface area contributed by atoms with Crippen molar-refractivity contribution in [3.05, 3.63) is 23.8 Å². The minimum absolute atomic E-state index is 0. The highest BCUT2D eigenvalue weighted by atomic mass is 35.5. The zero-order chi connectivity index (χ0) is 16.8. The summed E-state index contributed by atoms with van der Waals surface area (Å²) < 4.78 is 11.5. The third kappa shape index (κ3) is 6.37. The van der Waals surface area contributed by atoms with Gasteiger partial charge in [0.1, 0.15) is 12.4 Å². The summed E-state index contributed by atoms with van der Waals surface area (Å²) in [4.78, 5) is 12.3. The molecule has 0 saturated carbocycles. The highest BCUT2D eigenvalue weighted by molar-refractivity contribution is 7.99. The normalized spacial score (nSPS) is 22.9. The Morgan fingerprint density at radius 2 is 2.36 bits per heavy atom. The van der Waals surface area contributed by atoms with Crippen LogP contribution in [0.3, 0.4) is 0 Å². The summed E-state index contributed by atoms with van der Waals surface area (Å²) in [7, 11) is 0. The van der Waals surface area contributed by atoms with Crippen LogP contribution in [-0.4, -0.2) is 49.3 Å². The maximum Gasteiger partial charge on any atom is 0.226 e. The molecule has 2 unspecified atom stereocenters. The molecule has 7 heteroatoms. The number of anilines is 1. The van der Waals surface area contributed by atoms with E-state index in [0.29, 0.717) is 13.0 Å². The van der Waals surface area contributed by atoms with Crippen molar-refractivity contribution < 1.29 is 14.3 Å². The van der Waals surface area contributed by atoms with Crippen molar-refractivity contribution in [1.82, 2.24) is 5.32 Å². The van der Waals surface area contributed by atoms with Crippen molar-refractivity contribution in [2.45, 2.75) is 38.3 Å². The molecule has 2 atom stereocenters. The van der Waals surface area contributed by atoms with E-state index < -0.39 is 0 Å². The van der Waals surface area contributed by atoms with Crippen LogP contribution >= 0.6 is 24.2 Å². The average Bonchev–Trinajstić information content (AvgIpc) is 3.09. The summed E-state index contributed by atoms with van der Waals surface area (Å²) in [5.41, 5.74) is 1.85. The van der Waals surface area contributed by atoms with Crippen LogP contribution in [0.1, 0.15) is 24.8 Å². The second-order valence-corrected chi connectivity index (χ2v) is 7.57. The monoisotopic (exact) mass is 386 g/mol. The van der Waals surface area contributed by atoms with Gasteiger partial charge in [-0.1, -0.05) is 6.07 Å². The van der Waals surface area contributed by atoms with E-state index in [9.17, 15) is 4.79 Å². The van der Waals surface area contributed by atoms with Crippen molar-refractivity contribution in [2.75, 3.05) is 36.6 Å². The third-order valence-corrected chi connectivity index (χ3v) is 5.42. The molecule has 0 bridgehead atoms. The van der Waals surface area contributed by atoms with Gasteiger partial charge in [0, 0.05) is 37.1 Å². The van der Waals surface area contributed by atoms with E-state index in [4.69, 9.17) is 9.47 Å². The number of halogens is 1. The number of carbonyl (C=O) groups excluding carboxylic acids is 1. The molecule has 0 aliphatic carbocycles. The first-order valence-corrected chi connectivity index (χ1v) is 9.82. The number of aryl methyl sites for hydroxylation is 1. The highest BCUT2D eigenvalue weighted by Crippen LogP contribution is 2.27. The number of nitrogens with one attached hydrogen (secondary N) is 2. The van der Waals surface area contributed by atoms with Gasteiger partial charge in [-0.15, -0.1) is 12.4 Å². The van der Waals surface area contributed by atoms with Gasteiger partial charge in [-0.2, -0.15) is 11.8 Å². The first-order valence-electron chi connectivity index (χ1n) is 8.67. The summed E-state index contributed by atoms with van der Waals surface area (Å²) >= 11 is 1.90. The first-order chi connectivity index (χ1) is 11.7. The number of amides is 1. The van der Waals surface area contributed by atoms with E-state index >= 15 is 0 Å². The lowest BCUT2D eigenvalue weighted by molar-refractivity contribution is -0.116. The molecule has 1 aromatic carbocycles. The quantitative estimate of drug-likeness (QED) is 0.787. The highest BCUT2D eigenvalue weighted by Gasteiger charge is 2.19. The van der Waals surface area contributed by atoms with Gasteiger partial charge < -0.3 is 20.1 Å². The molecular formula is C18H27ClN2O3S. The first kappa shape index (κ1) is 20.4. The van der Waals surface area contributed by atoms with Crippen molar-refractivity contribution in [3.63, 3.8) is 0 Å². The minimum Gasteiger partial charge on any atom is -0.489 e. The topological polar surface area (TPSA) is 59.6 Å². The van der Waals surface area contributed by atoms with Crippen LogP contribution in [0.15, 0.2) is 18.2 Å². The number of hydrogen-bond acceptors (Lipinski definition) is 5. The van der Waals surface area contributed by atoms with Gasteiger partial charge in [-0.25, -0.2) is 0 Å². The van der Waals surface area contributed by atoms with Crippen LogP contribution in [0.2, 0.25) is 0 Å². The second-order valence-electron chi connectivity index (χ2n) is 6.42. The Labute approximate surface area is 160 Å². The predicted octanol–water partition coefficient (Wildman–Crippen LogP) is 3.01. The minimum atomic E-state index is 0. The zero-order valence-corrected chi connectivity index (χ0v) is 16.2. The van der Waals surface area contributed by atoms with Gasteiger partial charge in [0.15, 0.2) is 0 Å². The van der Waals surface area contributed by atoms with Gasteiger partial charge in [0.25, 0.3) is 0 Å².